The predicted molar refractivity (Wildman–Crippen MR) is 36.1 cm³/mol. The lowest BCUT2D eigenvalue weighted by molar-refractivity contribution is 0.0164. The third-order valence-corrected chi connectivity index (χ3v) is 2.36. The molecule has 2 aliphatic heterocycles. The van der Waals surface area contributed by atoms with Gasteiger partial charge in [-0.25, -0.2) is 4.79 Å². The summed E-state index contributed by atoms with van der Waals surface area (Å²) < 4.78 is 0. The number of nitrogens with zero attached hydrogens (tertiary/aromatic N) is 1. The number of carboxylic acid groups (broad SMARTS) is 1. The molecule has 0 radical (unpaired) electrons. The highest BCUT2D eigenvalue weighted by atomic mass is 16.4. The van der Waals surface area contributed by atoms with Crippen LogP contribution in [0.2, 0.25) is 0 Å². The van der Waals surface area contributed by atoms with Gasteiger partial charge in [0, 0.05) is 13.0 Å². The first kappa shape index (κ1) is 6.87. The van der Waals surface area contributed by atoms with Gasteiger partial charge in [0.2, 0.25) is 0 Å². The van der Waals surface area contributed by atoms with E-state index in [4.69, 9.17) is 5.11 Å². The average molecular weight is 158 g/mol. The summed E-state index contributed by atoms with van der Waals surface area (Å²) in [5.74, 6) is 0. The summed E-state index contributed by atoms with van der Waals surface area (Å²) in [6.07, 6.45) is -0.410. The minimum Gasteiger partial charge on any atom is -0.465 e. The maximum absolute atomic E-state index is 10.5. The minimum absolute atomic E-state index is 0.0301. The first-order valence-electron chi connectivity index (χ1n) is 3.58. The molecule has 2 atom stereocenters. The van der Waals surface area contributed by atoms with Gasteiger partial charge in [0.05, 0.1) is 12.6 Å². The molecule has 0 spiro atoms. The van der Waals surface area contributed by atoms with Gasteiger partial charge >= 0.3 is 6.09 Å². The van der Waals surface area contributed by atoms with Gasteiger partial charge in [-0.15, -0.1) is 0 Å². The molecule has 2 heterocycles. The third kappa shape index (κ3) is 0.883. The first-order chi connectivity index (χ1) is 5.11. The lowest BCUT2D eigenvalue weighted by Gasteiger charge is -2.27. The highest BCUT2D eigenvalue weighted by Crippen LogP contribution is 2.30. The Kier molecular flexibility index (Phi) is 1.16. The van der Waals surface area contributed by atoms with Gasteiger partial charge in [-0.3, -0.25) is 10.2 Å². The summed E-state index contributed by atoms with van der Waals surface area (Å²) in [6.45, 7) is 0.774. The van der Waals surface area contributed by atoms with Crippen molar-refractivity contribution in [3.63, 3.8) is 0 Å². The van der Waals surface area contributed by atoms with Crippen LogP contribution in [0.1, 0.15) is 6.42 Å². The van der Waals surface area contributed by atoms with E-state index in [1.54, 1.807) is 0 Å². The molecule has 1 amide bonds. The Balaban J connectivity index is 2.16. The first-order valence-corrected chi connectivity index (χ1v) is 3.58. The molecule has 0 aliphatic carbocycles. The van der Waals surface area contributed by atoms with Gasteiger partial charge in [-0.05, 0) is 0 Å². The molecule has 2 saturated heterocycles. The van der Waals surface area contributed by atoms with Gasteiger partial charge in [-0.1, -0.05) is 0 Å². The Morgan fingerprint density at radius 3 is 2.73 bits per heavy atom. The van der Waals surface area contributed by atoms with E-state index in [-0.39, 0.29) is 12.6 Å². The van der Waals surface area contributed by atoms with Crippen molar-refractivity contribution in [2.75, 3.05) is 13.1 Å². The van der Waals surface area contributed by atoms with Crippen LogP contribution in [0, 0.1) is 0 Å². The summed E-state index contributed by atoms with van der Waals surface area (Å²) >= 11 is 0. The van der Waals surface area contributed by atoms with Gasteiger partial charge in [0.25, 0.3) is 0 Å². The molecule has 0 aromatic rings. The third-order valence-electron chi connectivity index (χ3n) is 2.36. The molecule has 0 saturated carbocycles. The van der Waals surface area contributed by atoms with E-state index in [1.807, 2.05) is 0 Å². The predicted octanol–water partition coefficient (Wildman–Crippen LogP) is -0.969. The summed E-state index contributed by atoms with van der Waals surface area (Å²) in [6, 6.07) is -0.0301. The molecule has 2 bridgehead atoms. The molecule has 5 nitrogen and oxygen atoms in total. The van der Waals surface area contributed by atoms with Crippen LogP contribution >= 0.6 is 0 Å². The monoisotopic (exact) mass is 158 g/mol. The second kappa shape index (κ2) is 1.86. The molecule has 62 valence electrons. The van der Waals surface area contributed by atoms with E-state index in [0.29, 0.717) is 13.0 Å². The molecule has 2 rings (SSSR count). The lowest BCUT2D eigenvalue weighted by atomic mass is 10.2. The number of amides is 1. The molecule has 2 fully saturated rings. The normalized spacial score (nSPS) is 41.5. The molecule has 0 aromatic carbocycles. The number of carbonyl (C=O) groups is 1. The molecule has 0 aromatic heterocycles. The minimum atomic E-state index is -0.941. The molecule has 2 aliphatic rings. The number of hydrogen-bond acceptors (Lipinski definition) is 3. The van der Waals surface area contributed by atoms with Gasteiger partial charge in [0.1, 0.15) is 5.72 Å². The van der Waals surface area contributed by atoms with Crippen molar-refractivity contribution < 1.29 is 15.0 Å². The Bertz CT molecular complexity index is 208. The van der Waals surface area contributed by atoms with E-state index in [0.717, 1.165) is 0 Å². The summed E-state index contributed by atoms with van der Waals surface area (Å²) in [4.78, 5) is 11.8. The average Bonchev–Trinajstić information content (AvgIpc) is 2.41. The van der Waals surface area contributed by atoms with Crippen molar-refractivity contribution in [3.05, 3.63) is 0 Å². The van der Waals surface area contributed by atoms with Crippen LogP contribution < -0.4 is 5.32 Å². The molecule has 11 heavy (non-hydrogen) atoms. The number of likely N-dealkylation sites (tertiary alicyclic amines) is 1. The van der Waals surface area contributed by atoms with E-state index in [1.165, 1.54) is 4.90 Å². The number of nitrogens with one attached hydrogen (secondary N) is 1. The fraction of sp³-hybridized carbons (Fsp3) is 0.833. The van der Waals surface area contributed by atoms with E-state index >= 15 is 0 Å². The SMILES string of the molecule is O=C(O)N1C[C@]2(O)C[C@H]1CN2. The van der Waals surface area contributed by atoms with Crippen molar-refractivity contribution >= 4 is 6.09 Å². The van der Waals surface area contributed by atoms with Gasteiger partial charge in [-0.2, -0.15) is 0 Å². The quantitative estimate of drug-likeness (QED) is 0.424. The fourth-order valence-electron chi connectivity index (χ4n) is 1.82. The van der Waals surface area contributed by atoms with E-state index < -0.39 is 11.8 Å². The lowest BCUT2D eigenvalue weighted by Crippen LogP contribution is -2.52. The number of fused-ring (bicyclic) bond motifs is 2. The molecular formula is C6H10N2O3. The van der Waals surface area contributed by atoms with Crippen LogP contribution in [0.4, 0.5) is 4.79 Å². The van der Waals surface area contributed by atoms with Crippen LogP contribution in [0.3, 0.4) is 0 Å². The zero-order chi connectivity index (χ0) is 8.06. The van der Waals surface area contributed by atoms with Crippen LogP contribution in [-0.4, -0.2) is 46.1 Å². The molecule has 3 N–H and O–H groups in total. The smallest absolute Gasteiger partial charge is 0.407 e. The summed E-state index contributed by atoms with van der Waals surface area (Å²) in [5.41, 5.74) is -0.941. The van der Waals surface area contributed by atoms with Gasteiger partial charge in [0.15, 0.2) is 0 Å². The molecular weight excluding hydrogens is 148 g/mol. The number of aliphatic hydroxyl groups is 1. The zero-order valence-corrected chi connectivity index (χ0v) is 5.95. The van der Waals surface area contributed by atoms with Crippen molar-refractivity contribution in [2.24, 2.45) is 0 Å². The van der Waals surface area contributed by atoms with Crippen molar-refractivity contribution in [3.8, 4) is 0 Å². The number of β-amino-alcohol motifs (C(OH)–C–C–N with tert-alkyl or cyclic N) is 1. The molecule has 0 unspecified atom stereocenters. The Hall–Kier alpha value is -0.810. The van der Waals surface area contributed by atoms with E-state index in [2.05, 4.69) is 5.32 Å². The Morgan fingerprint density at radius 2 is 2.45 bits per heavy atom. The Labute approximate surface area is 63.6 Å². The maximum atomic E-state index is 10.5. The summed E-state index contributed by atoms with van der Waals surface area (Å²) in [7, 11) is 0. The van der Waals surface area contributed by atoms with Crippen molar-refractivity contribution in [2.45, 2.75) is 18.2 Å². The summed E-state index contributed by atoms with van der Waals surface area (Å²) in [5, 5.41) is 21.0. The topological polar surface area (TPSA) is 72.8 Å². The standard InChI is InChI=1S/C6H10N2O3/c9-5(10)8-3-6(11)1-4(8)2-7-6/h4,7,11H,1-3H2,(H,9,10)/t4-,6+/m0/s1. The highest BCUT2D eigenvalue weighted by Gasteiger charge is 2.50. The number of hydrogen-bond donors (Lipinski definition) is 3. The number of piperazine rings is 1. The van der Waals surface area contributed by atoms with Crippen LogP contribution in [0.15, 0.2) is 0 Å². The fourth-order valence-corrected chi connectivity index (χ4v) is 1.82. The second-order valence-electron chi connectivity index (χ2n) is 3.18. The number of rotatable bonds is 0. The van der Waals surface area contributed by atoms with Crippen LogP contribution in [0.5, 0.6) is 0 Å². The second-order valence-corrected chi connectivity index (χ2v) is 3.18. The van der Waals surface area contributed by atoms with Crippen LogP contribution in [-0.2, 0) is 0 Å². The largest absolute Gasteiger partial charge is 0.465 e. The van der Waals surface area contributed by atoms with Crippen molar-refractivity contribution in [1.29, 1.82) is 0 Å². The van der Waals surface area contributed by atoms with Gasteiger partial charge < -0.3 is 10.2 Å². The maximum Gasteiger partial charge on any atom is 0.407 e. The zero-order valence-electron chi connectivity index (χ0n) is 5.95. The van der Waals surface area contributed by atoms with Crippen LogP contribution in [0.25, 0.3) is 0 Å². The Morgan fingerprint density at radius 1 is 1.73 bits per heavy atom. The molecule has 5 heteroatoms. The highest BCUT2D eigenvalue weighted by molar-refractivity contribution is 5.66. The van der Waals surface area contributed by atoms with Crippen molar-refractivity contribution in [1.82, 2.24) is 10.2 Å². The van der Waals surface area contributed by atoms with E-state index in [9.17, 15) is 9.90 Å².